The van der Waals surface area contributed by atoms with Gasteiger partial charge >= 0.3 is 0 Å². The Kier molecular flexibility index (Phi) is 5.14. The molecule has 118 valence electrons. The molecule has 3 nitrogen and oxygen atoms in total. The fourth-order valence-electron chi connectivity index (χ4n) is 4.72. The van der Waals surface area contributed by atoms with E-state index in [2.05, 4.69) is 20.8 Å². The van der Waals surface area contributed by atoms with Crippen molar-refractivity contribution in [3.8, 4) is 0 Å². The number of aliphatic hydroxyl groups excluding tert-OH is 3. The van der Waals surface area contributed by atoms with E-state index < -0.39 is 0 Å². The van der Waals surface area contributed by atoms with Crippen LogP contribution in [0.3, 0.4) is 0 Å². The van der Waals surface area contributed by atoms with Crippen LogP contribution in [-0.4, -0.2) is 34.1 Å². The molecular formula is C17H32O3. The second-order valence-corrected chi connectivity index (χ2v) is 7.72. The lowest BCUT2D eigenvalue weighted by Gasteiger charge is -2.52. The smallest absolute Gasteiger partial charge is 0.0571 e. The quantitative estimate of drug-likeness (QED) is 0.746. The molecule has 2 aliphatic carbocycles. The van der Waals surface area contributed by atoms with Gasteiger partial charge in [-0.25, -0.2) is 0 Å². The number of hydrogen-bond donors (Lipinski definition) is 3. The summed E-state index contributed by atoms with van der Waals surface area (Å²) in [5.41, 5.74) is 0.164. The van der Waals surface area contributed by atoms with Crippen molar-refractivity contribution in [2.24, 2.45) is 29.1 Å². The third-order valence-corrected chi connectivity index (χ3v) is 6.60. The van der Waals surface area contributed by atoms with Gasteiger partial charge in [0.15, 0.2) is 0 Å². The second-order valence-electron chi connectivity index (χ2n) is 7.72. The van der Waals surface area contributed by atoms with E-state index in [9.17, 15) is 15.3 Å². The maximum atomic E-state index is 10.3. The van der Waals surface area contributed by atoms with Crippen LogP contribution in [0.25, 0.3) is 0 Å². The Hall–Kier alpha value is -0.120. The Morgan fingerprint density at radius 1 is 1.10 bits per heavy atom. The molecule has 0 spiro atoms. The van der Waals surface area contributed by atoms with Gasteiger partial charge in [0.25, 0.3) is 0 Å². The van der Waals surface area contributed by atoms with Crippen LogP contribution < -0.4 is 0 Å². The molecule has 0 heterocycles. The van der Waals surface area contributed by atoms with Gasteiger partial charge in [-0.3, -0.25) is 0 Å². The summed E-state index contributed by atoms with van der Waals surface area (Å²) < 4.78 is 0. The first-order valence-electron chi connectivity index (χ1n) is 8.35. The molecule has 0 bridgehead atoms. The van der Waals surface area contributed by atoms with Crippen molar-refractivity contribution < 1.29 is 15.3 Å². The lowest BCUT2D eigenvalue weighted by Crippen LogP contribution is -2.47. The number of rotatable bonds is 3. The zero-order valence-electron chi connectivity index (χ0n) is 13.3. The lowest BCUT2D eigenvalue weighted by molar-refractivity contribution is -0.0784. The summed E-state index contributed by atoms with van der Waals surface area (Å²) in [7, 11) is 0. The zero-order valence-corrected chi connectivity index (χ0v) is 13.3. The van der Waals surface area contributed by atoms with Crippen LogP contribution >= 0.6 is 0 Å². The molecule has 0 saturated heterocycles. The third kappa shape index (κ3) is 3.05. The maximum absolute atomic E-state index is 10.3. The van der Waals surface area contributed by atoms with Crippen molar-refractivity contribution in [1.29, 1.82) is 0 Å². The number of aliphatic hydroxyl groups is 3. The zero-order chi connectivity index (χ0) is 14.9. The fraction of sp³-hybridized carbons (Fsp3) is 1.00. The monoisotopic (exact) mass is 284 g/mol. The summed E-state index contributed by atoms with van der Waals surface area (Å²) in [6.07, 6.45) is 5.16. The molecule has 3 heteroatoms. The molecule has 0 aromatic heterocycles. The molecule has 0 aromatic carbocycles. The predicted molar refractivity (Wildman–Crippen MR) is 80.2 cm³/mol. The van der Waals surface area contributed by atoms with Gasteiger partial charge in [0.2, 0.25) is 0 Å². The standard InChI is InChI=1S/C17H32O3/c1-11-8-14(10-16(20)12(11)2)17(3)6-4-15(19)9-13(17)5-7-18/h11-16,18-20H,4-10H2,1-3H3. The molecule has 0 amide bonds. The van der Waals surface area contributed by atoms with Crippen molar-refractivity contribution in [2.45, 2.75) is 71.5 Å². The van der Waals surface area contributed by atoms with Gasteiger partial charge in [0.05, 0.1) is 12.2 Å². The Balaban J connectivity index is 2.14. The van der Waals surface area contributed by atoms with Crippen molar-refractivity contribution >= 4 is 0 Å². The highest BCUT2D eigenvalue weighted by atomic mass is 16.3. The Morgan fingerprint density at radius 2 is 1.80 bits per heavy atom. The van der Waals surface area contributed by atoms with E-state index in [1.165, 1.54) is 6.42 Å². The Morgan fingerprint density at radius 3 is 2.40 bits per heavy atom. The van der Waals surface area contributed by atoms with E-state index in [0.717, 1.165) is 32.1 Å². The lowest BCUT2D eigenvalue weighted by atomic mass is 9.54. The molecule has 3 N–H and O–H groups in total. The van der Waals surface area contributed by atoms with Crippen LogP contribution in [0.2, 0.25) is 0 Å². The molecule has 0 radical (unpaired) electrons. The third-order valence-electron chi connectivity index (χ3n) is 6.60. The van der Waals surface area contributed by atoms with Crippen LogP contribution in [0.4, 0.5) is 0 Å². The van der Waals surface area contributed by atoms with Crippen LogP contribution in [0.5, 0.6) is 0 Å². The molecular weight excluding hydrogens is 252 g/mol. The van der Waals surface area contributed by atoms with Crippen molar-refractivity contribution in [1.82, 2.24) is 0 Å². The molecule has 20 heavy (non-hydrogen) atoms. The van der Waals surface area contributed by atoms with Gasteiger partial charge < -0.3 is 15.3 Å². The summed E-state index contributed by atoms with van der Waals surface area (Å²) >= 11 is 0. The second kappa shape index (κ2) is 6.33. The topological polar surface area (TPSA) is 60.7 Å². The van der Waals surface area contributed by atoms with E-state index >= 15 is 0 Å². The highest BCUT2D eigenvalue weighted by Crippen LogP contribution is 2.53. The molecule has 2 fully saturated rings. The van der Waals surface area contributed by atoms with E-state index in [0.29, 0.717) is 23.7 Å². The van der Waals surface area contributed by atoms with Crippen molar-refractivity contribution in [2.75, 3.05) is 6.61 Å². The van der Waals surface area contributed by atoms with Gasteiger partial charge in [-0.05, 0) is 67.6 Å². The van der Waals surface area contributed by atoms with Crippen molar-refractivity contribution in [3.05, 3.63) is 0 Å². The highest BCUT2D eigenvalue weighted by molar-refractivity contribution is 4.97. The van der Waals surface area contributed by atoms with Gasteiger partial charge in [-0.2, -0.15) is 0 Å². The summed E-state index contributed by atoms with van der Waals surface area (Å²) in [5, 5.41) is 29.6. The minimum atomic E-state index is -0.204. The van der Waals surface area contributed by atoms with Crippen LogP contribution in [0, 0.1) is 29.1 Å². The SMILES string of the molecule is CC1CC(C2(C)CCC(O)CC2CCO)CC(O)C1C. The predicted octanol–water partition coefficient (Wildman–Crippen LogP) is 2.58. The summed E-state index contributed by atoms with van der Waals surface area (Å²) in [4.78, 5) is 0. The molecule has 2 aliphatic rings. The maximum Gasteiger partial charge on any atom is 0.0571 e. The van der Waals surface area contributed by atoms with Crippen LogP contribution in [0.1, 0.15) is 59.3 Å². The Labute approximate surface area is 123 Å². The fourth-order valence-corrected chi connectivity index (χ4v) is 4.72. The summed E-state index contributed by atoms with van der Waals surface area (Å²) in [5.74, 6) is 1.85. The molecule has 2 saturated carbocycles. The van der Waals surface area contributed by atoms with E-state index in [-0.39, 0.29) is 24.2 Å². The first kappa shape index (κ1) is 16.3. The van der Waals surface area contributed by atoms with Gasteiger partial charge in [-0.1, -0.05) is 20.8 Å². The van der Waals surface area contributed by atoms with E-state index in [1.54, 1.807) is 0 Å². The molecule has 7 unspecified atom stereocenters. The van der Waals surface area contributed by atoms with E-state index in [4.69, 9.17) is 0 Å². The highest BCUT2D eigenvalue weighted by Gasteiger charge is 2.47. The average Bonchev–Trinajstić information content (AvgIpc) is 2.40. The van der Waals surface area contributed by atoms with Gasteiger partial charge in [-0.15, -0.1) is 0 Å². The number of hydrogen-bond acceptors (Lipinski definition) is 3. The minimum Gasteiger partial charge on any atom is -0.396 e. The van der Waals surface area contributed by atoms with Crippen LogP contribution in [-0.2, 0) is 0 Å². The molecule has 0 aliphatic heterocycles. The van der Waals surface area contributed by atoms with Gasteiger partial charge in [0.1, 0.15) is 0 Å². The minimum absolute atomic E-state index is 0.164. The first-order chi connectivity index (χ1) is 9.38. The van der Waals surface area contributed by atoms with Gasteiger partial charge in [0, 0.05) is 6.61 Å². The largest absolute Gasteiger partial charge is 0.396 e. The Bertz CT molecular complexity index is 307. The van der Waals surface area contributed by atoms with Crippen LogP contribution in [0.15, 0.2) is 0 Å². The first-order valence-corrected chi connectivity index (χ1v) is 8.35. The van der Waals surface area contributed by atoms with Crippen molar-refractivity contribution in [3.63, 3.8) is 0 Å². The molecule has 0 aromatic rings. The molecule has 7 atom stereocenters. The normalized spacial score (nSPS) is 50.1. The molecule has 2 rings (SSSR count). The summed E-state index contributed by atoms with van der Waals surface area (Å²) in [6, 6.07) is 0. The summed E-state index contributed by atoms with van der Waals surface area (Å²) in [6.45, 7) is 6.94. The average molecular weight is 284 g/mol. The van der Waals surface area contributed by atoms with E-state index in [1.807, 2.05) is 0 Å².